The molecular weight excluding hydrogens is 460 g/mol. The Morgan fingerprint density at radius 1 is 0.829 bits per heavy atom. The van der Waals surface area contributed by atoms with Crippen molar-refractivity contribution >= 4 is 21.6 Å². The Morgan fingerprint density at radius 3 is 2.20 bits per heavy atom. The van der Waals surface area contributed by atoms with Gasteiger partial charge in [0.15, 0.2) is 0 Å². The van der Waals surface area contributed by atoms with Crippen LogP contribution >= 0.6 is 0 Å². The second-order valence-corrected chi connectivity index (χ2v) is 10.2. The third kappa shape index (κ3) is 8.85. The van der Waals surface area contributed by atoms with Crippen LogP contribution in [0.4, 0.5) is 5.69 Å². The van der Waals surface area contributed by atoms with Crippen LogP contribution in [0.5, 0.6) is 5.75 Å². The van der Waals surface area contributed by atoms with E-state index < -0.39 is 10.0 Å². The second kappa shape index (κ2) is 13.7. The first-order valence-corrected chi connectivity index (χ1v) is 13.6. The summed E-state index contributed by atoms with van der Waals surface area (Å²) in [6.07, 6.45) is 6.51. The summed E-state index contributed by atoms with van der Waals surface area (Å²) in [5.74, 6) is 0.471. The number of amides is 1. The fraction of sp³-hybridized carbons (Fsp3) is 0.321. The van der Waals surface area contributed by atoms with Crippen LogP contribution in [-0.2, 0) is 16.4 Å². The lowest BCUT2D eigenvalue weighted by atomic mass is 10.1. The molecule has 0 fully saturated rings. The predicted octanol–water partition coefficient (Wildman–Crippen LogP) is 5.81. The van der Waals surface area contributed by atoms with E-state index in [1.165, 1.54) is 31.4 Å². The number of unbranched alkanes of at least 4 members (excludes halogenated alkanes) is 4. The molecule has 2 N–H and O–H groups in total. The summed E-state index contributed by atoms with van der Waals surface area (Å²) < 4.78 is 33.4. The Bertz CT molecular complexity index is 1150. The lowest BCUT2D eigenvalue weighted by molar-refractivity contribution is 0.102. The van der Waals surface area contributed by atoms with E-state index in [1.54, 1.807) is 36.4 Å². The highest BCUT2D eigenvalue weighted by Gasteiger charge is 2.14. The van der Waals surface area contributed by atoms with E-state index in [2.05, 4.69) is 17.0 Å². The molecule has 3 aromatic rings. The van der Waals surface area contributed by atoms with Gasteiger partial charge in [0.2, 0.25) is 10.0 Å². The van der Waals surface area contributed by atoms with Gasteiger partial charge in [0, 0.05) is 17.8 Å². The van der Waals surface area contributed by atoms with Crippen LogP contribution < -0.4 is 14.8 Å². The minimum Gasteiger partial charge on any atom is -0.494 e. The summed E-state index contributed by atoms with van der Waals surface area (Å²) in [4.78, 5) is 12.7. The Morgan fingerprint density at radius 2 is 1.51 bits per heavy atom. The molecule has 3 aromatic carbocycles. The van der Waals surface area contributed by atoms with Gasteiger partial charge in [-0.1, -0.05) is 62.9 Å². The molecule has 0 aliphatic heterocycles. The number of benzene rings is 3. The third-order valence-corrected chi connectivity index (χ3v) is 7.08. The van der Waals surface area contributed by atoms with Crippen molar-refractivity contribution in [3.63, 3.8) is 0 Å². The van der Waals surface area contributed by atoms with Gasteiger partial charge in [0.05, 0.1) is 11.5 Å². The SMILES string of the molecule is CCCCCCCOc1ccc(C(=O)Nc2ccc(S(=O)(=O)NCCc3ccccc3)cc2)cc1. The van der Waals surface area contributed by atoms with Crippen LogP contribution in [0.3, 0.4) is 0 Å². The quantitative estimate of drug-likeness (QED) is 0.277. The van der Waals surface area contributed by atoms with Crippen LogP contribution in [-0.4, -0.2) is 27.5 Å². The summed E-state index contributed by atoms with van der Waals surface area (Å²) in [5.41, 5.74) is 2.08. The zero-order valence-electron chi connectivity index (χ0n) is 20.2. The van der Waals surface area contributed by atoms with Crippen molar-refractivity contribution in [3.05, 3.63) is 90.0 Å². The van der Waals surface area contributed by atoms with Gasteiger partial charge in [-0.05, 0) is 66.9 Å². The van der Waals surface area contributed by atoms with Crippen LogP contribution in [0.1, 0.15) is 54.9 Å². The summed E-state index contributed by atoms with van der Waals surface area (Å²) in [5, 5.41) is 2.80. The number of hydrogen-bond acceptors (Lipinski definition) is 4. The van der Waals surface area contributed by atoms with Crippen molar-refractivity contribution in [1.29, 1.82) is 0 Å². The standard InChI is InChI=1S/C28H34N2O4S/c1-2-3-4-5-9-22-34-26-16-12-24(13-17-26)28(31)30-25-14-18-27(19-15-25)35(32,33)29-21-20-23-10-7-6-8-11-23/h6-8,10-19,29H,2-5,9,20-22H2,1H3,(H,30,31). The van der Waals surface area contributed by atoms with Gasteiger partial charge in [-0.25, -0.2) is 13.1 Å². The highest BCUT2D eigenvalue weighted by Crippen LogP contribution is 2.17. The molecule has 0 saturated heterocycles. The van der Waals surface area contributed by atoms with E-state index in [0.29, 0.717) is 30.8 Å². The van der Waals surface area contributed by atoms with Crippen molar-refractivity contribution in [1.82, 2.24) is 4.72 Å². The van der Waals surface area contributed by atoms with Crippen LogP contribution in [0.2, 0.25) is 0 Å². The van der Waals surface area contributed by atoms with E-state index in [4.69, 9.17) is 4.74 Å². The Hall–Kier alpha value is -3.16. The molecule has 35 heavy (non-hydrogen) atoms. The maximum absolute atomic E-state index is 12.6. The van der Waals surface area contributed by atoms with Crippen molar-refractivity contribution < 1.29 is 17.9 Å². The van der Waals surface area contributed by atoms with E-state index in [0.717, 1.165) is 24.2 Å². The summed E-state index contributed by atoms with van der Waals surface area (Å²) in [6.45, 7) is 3.18. The van der Waals surface area contributed by atoms with Crippen LogP contribution in [0.25, 0.3) is 0 Å². The first kappa shape index (κ1) is 26.4. The first-order chi connectivity index (χ1) is 17.0. The largest absolute Gasteiger partial charge is 0.494 e. The van der Waals surface area contributed by atoms with Gasteiger partial charge >= 0.3 is 0 Å². The number of carbonyl (C=O) groups is 1. The van der Waals surface area contributed by atoms with E-state index in [-0.39, 0.29) is 10.8 Å². The number of rotatable bonds is 14. The molecule has 0 atom stereocenters. The predicted molar refractivity (Wildman–Crippen MR) is 140 cm³/mol. The molecule has 0 spiro atoms. The number of hydrogen-bond donors (Lipinski definition) is 2. The molecule has 0 aliphatic rings. The molecule has 7 heteroatoms. The van der Waals surface area contributed by atoms with Gasteiger partial charge in [0.25, 0.3) is 5.91 Å². The summed E-state index contributed by atoms with van der Waals surface area (Å²) in [6, 6.07) is 22.8. The third-order valence-electron chi connectivity index (χ3n) is 5.60. The first-order valence-electron chi connectivity index (χ1n) is 12.2. The minimum atomic E-state index is -3.62. The molecule has 0 saturated carbocycles. The molecule has 186 valence electrons. The Labute approximate surface area is 208 Å². The summed E-state index contributed by atoms with van der Waals surface area (Å²) >= 11 is 0. The molecule has 6 nitrogen and oxygen atoms in total. The number of nitrogens with one attached hydrogen (secondary N) is 2. The average Bonchev–Trinajstić information content (AvgIpc) is 2.87. The van der Waals surface area contributed by atoms with E-state index in [9.17, 15) is 13.2 Å². The molecule has 0 aliphatic carbocycles. The number of carbonyl (C=O) groups excluding carboxylic acids is 1. The summed E-state index contributed by atoms with van der Waals surface area (Å²) in [7, 11) is -3.62. The molecule has 0 aromatic heterocycles. The van der Waals surface area contributed by atoms with E-state index in [1.807, 2.05) is 30.3 Å². The molecule has 3 rings (SSSR count). The molecule has 0 radical (unpaired) electrons. The van der Waals surface area contributed by atoms with E-state index >= 15 is 0 Å². The molecule has 0 bridgehead atoms. The van der Waals surface area contributed by atoms with Crippen LogP contribution in [0.15, 0.2) is 83.8 Å². The van der Waals surface area contributed by atoms with Gasteiger partial charge < -0.3 is 10.1 Å². The molecule has 1 amide bonds. The molecule has 0 unspecified atom stereocenters. The number of ether oxygens (including phenoxy) is 1. The normalized spacial score (nSPS) is 11.2. The Kier molecular flexibility index (Phi) is 10.3. The molecule has 0 heterocycles. The lowest BCUT2D eigenvalue weighted by Crippen LogP contribution is -2.26. The highest BCUT2D eigenvalue weighted by molar-refractivity contribution is 7.89. The average molecular weight is 495 g/mol. The van der Waals surface area contributed by atoms with Crippen molar-refractivity contribution in [2.75, 3.05) is 18.5 Å². The van der Waals surface area contributed by atoms with Gasteiger partial charge in [-0.2, -0.15) is 0 Å². The monoisotopic (exact) mass is 494 g/mol. The van der Waals surface area contributed by atoms with Crippen molar-refractivity contribution in [2.24, 2.45) is 0 Å². The zero-order chi connectivity index (χ0) is 24.9. The van der Waals surface area contributed by atoms with Gasteiger partial charge in [-0.15, -0.1) is 0 Å². The highest BCUT2D eigenvalue weighted by atomic mass is 32.2. The van der Waals surface area contributed by atoms with Gasteiger partial charge in [-0.3, -0.25) is 4.79 Å². The lowest BCUT2D eigenvalue weighted by Gasteiger charge is -2.10. The minimum absolute atomic E-state index is 0.153. The van der Waals surface area contributed by atoms with Gasteiger partial charge in [0.1, 0.15) is 5.75 Å². The number of anilines is 1. The maximum Gasteiger partial charge on any atom is 0.255 e. The topological polar surface area (TPSA) is 84.5 Å². The van der Waals surface area contributed by atoms with Crippen molar-refractivity contribution in [3.8, 4) is 5.75 Å². The second-order valence-electron chi connectivity index (χ2n) is 8.40. The fourth-order valence-electron chi connectivity index (χ4n) is 3.58. The smallest absolute Gasteiger partial charge is 0.255 e. The molecular formula is C28H34N2O4S. The fourth-order valence-corrected chi connectivity index (χ4v) is 4.61. The Balaban J connectivity index is 1.46. The zero-order valence-corrected chi connectivity index (χ0v) is 21.0. The number of sulfonamides is 1. The van der Waals surface area contributed by atoms with Crippen LogP contribution in [0, 0.1) is 0 Å². The van der Waals surface area contributed by atoms with Crippen molar-refractivity contribution in [2.45, 2.75) is 50.3 Å². The maximum atomic E-state index is 12.6.